The normalized spacial score (nSPS) is 11.8. The van der Waals surface area contributed by atoms with Crippen LogP contribution in [0, 0.1) is 6.92 Å². The Kier molecular flexibility index (Phi) is 6.65. The minimum Gasteiger partial charge on any atom is -0.321 e. The van der Waals surface area contributed by atoms with Crippen LogP contribution in [-0.4, -0.2) is 36.7 Å². The van der Waals surface area contributed by atoms with Gasteiger partial charge in [-0.05, 0) is 42.3 Å². The van der Waals surface area contributed by atoms with Gasteiger partial charge in [0, 0.05) is 25.4 Å². The van der Waals surface area contributed by atoms with Gasteiger partial charge in [-0.15, -0.1) is 0 Å². The van der Waals surface area contributed by atoms with Crippen molar-refractivity contribution in [3.63, 3.8) is 0 Å². The van der Waals surface area contributed by atoms with Crippen LogP contribution in [0.3, 0.4) is 0 Å². The molecule has 2 rings (SSSR count). The number of sulfonamides is 1. The summed E-state index contributed by atoms with van der Waals surface area (Å²) in [7, 11) is -3.47. The monoisotopic (exact) mass is 373 g/mol. The zero-order chi connectivity index (χ0) is 19.2. The van der Waals surface area contributed by atoms with E-state index in [9.17, 15) is 13.2 Å². The van der Waals surface area contributed by atoms with Gasteiger partial charge < -0.3 is 5.32 Å². The molecule has 0 bridgehead atoms. The molecule has 7 heteroatoms. The van der Waals surface area contributed by atoms with Crippen LogP contribution in [0.2, 0.25) is 0 Å². The second-order valence-electron chi connectivity index (χ2n) is 5.67. The van der Waals surface area contributed by atoms with Gasteiger partial charge in [0.15, 0.2) is 0 Å². The van der Waals surface area contributed by atoms with Crippen LogP contribution in [0.15, 0.2) is 53.7 Å². The van der Waals surface area contributed by atoms with E-state index in [1.165, 1.54) is 10.4 Å². The maximum Gasteiger partial charge on any atom is 0.248 e. The highest BCUT2D eigenvalue weighted by atomic mass is 32.2. The first-order chi connectivity index (χ1) is 12.4. The molecule has 1 aromatic heterocycles. The summed E-state index contributed by atoms with van der Waals surface area (Å²) in [6.07, 6.45) is 6.29. The molecule has 0 radical (unpaired) electrons. The van der Waals surface area contributed by atoms with E-state index in [4.69, 9.17) is 0 Å². The molecule has 6 nitrogen and oxygen atoms in total. The Labute approximate surface area is 154 Å². The lowest BCUT2D eigenvalue weighted by atomic mass is 10.2. The predicted octanol–water partition coefficient (Wildman–Crippen LogP) is 3.07. The number of carbonyl (C=O) groups excluding carboxylic acids is 1. The fourth-order valence-corrected chi connectivity index (χ4v) is 3.86. The highest BCUT2D eigenvalue weighted by molar-refractivity contribution is 7.89. The third kappa shape index (κ3) is 4.77. The van der Waals surface area contributed by atoms with Crippen molar-refractivity contribution in [1.82, 2.24) is 9.29 Å². The van der Waals surface area contributed by atoms with Crippen molar-refractivity contribution in [2.45, 2.75) is 25.7 Å². The molecular formula is C19H23N3O3S. The van der Waals surface area contributed by atoms with Gasteiger partial charge in [0.25, 0.3) is 0 Å². The molecule has 0 spiro atoms. The number of carbonyl (C=O) groups is 1. The first-order valence-corrected chi connectivity index (χ1v) is 9.82. The number of pyridine rings is 1. The van der Waals surface area contributed by atoms with E-state index < -0.39 is 10.0 Å². The molecule has 0 saturated heterocycles. The summed E-state index contributed by atoms with van der Waals surface area (Å²) < 4.78 is 26.3. The van der Waals surface area contributed by atoms with Gasteiger partial charge in [-0.25, -0.2) is 8.42 Å². The number of aromatic nitrogens is 1. The molecule has 0 fully saturated rings. The molecule has 26 heavy (non-hydrogen) atoms. The van der Waals surface area contributed by atoms with Gasteiger partial charge in [-0.1, -0.05) is 26.0 Å². The van der Waals surface area contributed by atoms with Crippen molar-refractivity contribution in [2.75, 3.05) is 18.4 Å². The largest absolute Gasteiger partial charge is 0.321 e. The number of anilines is 1. The summed E-state index contributed by atoms with van der Waals surface area (Å²) in [6, 6.07) is 8.27. The molecule has 0 atom stereocenters. The fraction of sp³-hybridized carbons (Fsp3) is 0.263. The Morgan fingerprint density at radius 3 is 2.38 bits per heavy atom. The lowest BCUT2D eigenvalue weighted by molar-refractivity contribution is -0.111. The third-order valence-corrected chi connectivity index (χ3v) is 6.01. The Morgan fingerprint density at radius 1 is 1.15 bits per heavy atom. The summed E-state index contributed by atoms with van der Waals surface area (Å²) in [5.41, 5.74) is 2.32. The smallest absolute Gasteiger partial charge is 0.248 e. The number of nitrogens with one attached hydrogen (secondary N) is 1. The van der Waals surface area contributed by atoms with Crippen molar-refractivity contribution in [2.24, 2.45) is 0 Å². The van der Waals surface area contributed by atoms with E-state index in [1.807, 2.05) is 13.0 Å². The Balaban J connectivity index is 2.08. The number of hydrogen-bond donors (Lipinski definition) is 1. The SMILES string of the molecule is CCN(CC)S(=O)(=O)c1ccc(/C=C/C(=O)Nc2cnccc2C)cc1. The van der Waals surface area contributed by atoms with Gasteiger partial charge >= 0.3 is 0 Å². The van der Waals surface area contributed by atoms with Crippen molar-refractivity contribution in [3.05, 3.63) is 59.9 Å². The number of benzene rings is 1. The number of aryl methyl sites for hydroxylation is 1. The molecular weight excluding hydrogens is 350 g/mol. The zero-order valence-corrected chi connectivity index (χ0v) is 16.0. The highest BCUT2D eigenvalue weighted by Gasteiger charge is 2.20. The lowest BCUT2D eigenvalue weighted by Gasteiger charge is -2.18. The van der Waals surface area contributed by atoms with Crippen LogP contribution in [0.4, 0.5) is 5.69 Å². The van der Waals surface area contributed by atoms with E-state index >= 15 is 0 Å². The third-order valence-electron chi connectivity index (χ3n) is 3.95. The predicted molar refractivity (Wildman–Crippen MR) is 103 cm³/mol. The summed E-state index contributed by atoms with van der Waals surface area (Å²) in [5, 5.41) is 2.76. The van der Waals surface area contributed by atoms with Crippen molar-refractivity contribution < 1.29 is 13.2 Å². The van der Waals surface area contributed by atoms with Gasteiger partial charge in [-0.2, -0.15) is 4.31 Å². The van der Waals surface area contributed by atoms with Crippen LogP contribution >= 0.6 is 0 Å². The quantitative estimate of drug-likeness (QED) is 0.757. The van der Waals surface area contributed by atoms with Crippen LogP contribution in [-0.2, 0) is 14.8 Å². The molecule has 0 aliphatic rings. The molecule has 0 saturated carbocycles. The fourth-order valence-electron chi connectivity index (χ4n) is 2.40. The van der Waals surface area contributed by atoms with Crippen molar-refractivity contribution in [3.8, 4) is 0 Å². The van der Waals surface area contributed by atoms with Crippen LogP contribution in [0.1, 0.15) is 25.0 Å². The molecule has 2 aromatic rings. The van der Waals surface area contributed by atoms with Gasteiger partial charge in [0.2, 0.25) is 15.9 Å². The van der Waals surface area contributed by atoms with E-state index in [0.717, 1.165) is 11.1 Å². The zero-order valence-electron chi connectivity index (χ0n) is 15.1. The molecule has 1 aromatic carbocycles. The number of amides is 1. The van der Waals surface area contributed by atoms with E-state index in [-0.39, 0.29) is 10.8 Å². The van der Waals surface area contributed by atoms with Crippen molar-refractivity contribution >= 4 is 27.7 Å². The topological polar surface area (TPSA) is 79.4 Å². The number of nitrogens with zero attached hydrogens (tertiary/aromatic N) is 2. The highest BCUT2D eigenvalue weighted by Crippen LogP contribution is 2.17. The average Bonchev–Trinajstić information content (AvgIpc) is 2.63. The van der Waals surface area contributed by atoms with Gasteiger partial charge in [0.05, 0.1) is 16.8 Å². The first kappa shape index (κ1) is 19.8. The van der Waals surface area contributed by atoms with E-state index in [2.05, 4.69) is 10.3 Å². The molecule has 138 valence electrons. The molecule has 1 amide bonds. The number of rotatable bonds is 7. The van der Waals surface area contributed by atoms with Crippen LogP contribution in [0.25, 0.3) is 6.08 Å². The minimum atomic E-state index is -3.47. The maximum atomic E-state index is 12.4. The standard InChI is InChI=1S/C19H23N3O3S/c1-4-22(5-2)26(24,25)17-9-6-16(7-10-17)8-11-19(23)21-18-14-20-13-12-15(18)3/h6-14H,4-5H2,1-3H3,(H,21,23)/b11-8+. The average molecular weight is 373 g/mol. The minimum absolute atomic E-state index is 0.244. The Bertz CT molecular complexity index is 887. The van der Waals surface area contributed by atoms with Gasteiger partial charge in [0.1, 0.15) is 0 Å². The summed E-state index contributed by atoms with van der Waals surface area (Å²) in [5.74, 6) is -0.277. The summed E-state index contributed by atoms with van der Waals surface area (Å²) in [4.78, 5) is 16.2. The van der Waals surface area contributed by atoms with E-state index in [1.54, 1.807) is 56.6 Å². The second-order valence-corrected chi connectivity index (χ2v) is 7.61. The Hall–Kier alpha value is -2.51. The maximum absolute atomic E-state index is 12.4. The number of hydrogen-bond acceptors (Lipinski definition) is 4. The van der Waals surface area contributed by atoms with Crippen molar-refractivity contribution in [1.29, 1.82) is 0 Å². The molecule has 1 heterocycles. The molecule has 0 aliphatic carbocycles. The van der Waals surface area contributed by atoms with Gasteiger partial charge in [-0.3, -0.25) is 9.78 Å². The van der Waals surface area contributed by atoms with Crippen LogP contribution < -0.4 is 5.32 Å². The second kappa shape index (κ2) is 8.73. The lowest BCUT2D eigenvalue weighted by Crippen LogP contribution is -2.30. The molecule has 1 N–H and O–H groups in total. The Morgan fingerprint density at radius 2 is 1.81 bits per heavy atom. The summed E-state index contributed by atoms with van der Waals surface area (Å²) >= 11 is 0. The van der Waals surface area contributed by atoms with Crippen LogP contribution in [0.5, 0.6) is 0 Å². The molecule has 0 aliphatic heterocycles. The van der Waals surface area contributed by atoms with E-state index in [0.29, 0.717) is 18.8 Å². The summed E-state index contributed by atoms with van der Waals surface area (Å²) in [6.45, 7) is 6.35. The molecule has 0 unspecified atom stereocenters. The first-order valence-electron chi connectivity index (χ1n) is 8.38.